The maximum absolute atomic E-state index is 13.0. The van der Waals surface area contributed by atoms with E-state index in [1.54, 1.807) is 0 Å². The van der Waals surface area contributed by atoms with Crippen molar-refractivity contribution < 1.29 is 4.79 Å². The Kier molecular flexibility index (Phi) is 4.94. The fourth-order valence-electron chi connectivity index (χ4n) is 3.83. The molecule has 1 aliphatic rings. The van der Waals surface area contributed by atoms with E-state index in [0.29, 0.717) is 30.1 Å². The van der Waals surface area contributed by atoms with Crippen LogP contribution in [0.5, 0.6) is 0 Å². The van der Waals surface area contributed by atoms with Gasteiger partial charge in [0.05, 0.1) is 17.3 Å². The molecule has 0 bridgehead atoms. The molecule has 0 spiro atoms. The Morgan fingerprint density at radius 3 is 2.55 bits per heavy atom. The lowest BCUT2D eigenvalue weighted by Gasteiger charge is -2.39. The van der Waals surface area contributed by atoms with Gasteiger partial charge in [-0.15, -0.1) is 0 Å². The van der Waals surface area contributed by atoms with Crippen LogP contribution >= 0.6 is 0 Å². The van der Waals surface area contributed by atoms with Crippen LogP contribution in [0.2, 0.25) is 0 Å². The number of amides is 1. The van der Waals surface area contributed by atoms with Crippen molar-refractivity contribution in [3.8, 4) is 17.3 Å². The monoisotopic (exact) mass is 384 g/mol. The maximum Gasteiger partial charge on any atom is 0.253 e. The largest absolute Gasteiger partial charge is 0.346 e. The van der Waals surface area contributed by atoms with E-state index in [-0.39, 0.29) is 5.91 Å². The molecule has 1 N–H and O–H groups in total. The summed E-state index contributed by atoms with van der Waals surface area (Å²) < 4.78 is 0. The van der Waals surface area contributed by atoms with E-state index in [0.717, 1.165) is 34.8 Å². The van der Waals surface area contributed by atoms with E-state index >= 15 is 0 Å². The second-order valence-electron chi connectivity index (χ2n) is 7.68. The van der Waals surface area contributed by atoms with Gasteiger partial charge >= 0.3 is 0 Å². The molecule has 0 radical (unpaired) electrons. The summed E-state index contributed by atoms with van der Waals surface area (Å²) in [6.45, 7) is 7.55. The zero-order chi connectivity index (χ0) is 20.5. The van der Waals surface area contributed by atoms with Crippen LogP contribution in [-0.2, 0) is 6.42 Å². The van der Waals surface area contributed by atoms with Crippen LogP contribution in [0.3, 0.4) is 0 Å². The van der Waals surface area contributed by atoms with E-state index in [4.69, 9.17) is 10.2 Å². The molecule has 1 saturated heterocycles. The third-order valence-corrected chi connectivity index (χ3v) is 5.69. The molecule has 4 rings (SSSR count). The number of hydrogen-bond donors (Lipinski definition) is 1. The molecule has 3 aromatic rings. The van der Waals surface area contributed by atoms with E-state index in [2.05, 4.69) is 18.0 Å². The van der Waals surface area contributed by atoms with Gasteiger partial charge < -0.3 is 9.88 Å². The Labute approximate surface area is 171 Å². The zero-order valence-electron chi connectivity index (χ0n) is 17.0. The van der Waals surface area contributed by atoms with Gasteiger partial charge in [-0.1, -0.05) is 25.1 Å². The van der Waals surface area contributed by atoms with Crippen molar-refractivity contribution in [1.82, 2.24) is 14.9 Å². The van der Waals surface area contributed by atoms with Crippen LogP contribution in [0.1, 0.15) is 51.4 Å². The first-order valence-corrected chi connectivity index (χ1v) is 9.96. The molecule has 0 aliphatic carbocycles. The summed E-state index contributed by atoms with van der Waals surface area (Å²) in [6, 6.07) is 15.7. The standard InChI is InChI=1S/C24H24N4O/c1-4-22-26-16(3)23(27-22)21-11-19(8-5-15(21)2)24(29)28-13-20(14-28)18-9-6-17(12-25)7-10-18/h5-11,20H,4,13-14H2,1-3H3,(H,26,27). The van der Waals surface area contributed by atoms with Crippen molar-refractivity contribution >= 4 is 5.91 Å². The molecular weight excluding hydrogens is 360 g/mol. The van der Waals surface area contributed by atoms with Crippen LogP contribution in [0.4, 0.5) is 0 Å². The van der Waals surface area contributed by atoms with Crippen LogP contribution in [0, 0.1) is 25.2 Å². The van der Waals surface area contributed by atoms with Gasteiger partial charge in [0, 0.05) is 42.2 Å². The van der Waals surface area contributed by atoms with Crippen molar-refractivity contribution in [2.24, 2.45) is 0 Å². The first-order chi connectivity index (χ1) is 14.0. The number of rotatable bonds is 4. The van der Waals surface area contributed by atoms with Gasteiger partial charge in [0.2, 0.25) is 0 Å². The minimum absolute atomic E-state index is 0.0556. The number of carbonyl (C=O) groups excluding carboxylic acids is 1. The lowest BCUT2D eigenvalue weighted by Crippen LogP contribution is -2.48. The third kappa shape index (κ3) is 3.54. The second-order valence-corrected chi connectivity index (χ2v) is 7.68. The SMILES string of the molecule is CCc1nc(-c2cc(C(=O)N3CC(c4ccc(C#N)cc4)C3)ccc2C)c(C)[nH]1. The summed E-state index contributed by atoms with van der Waals surface area (Å²) in [6.07, 6.45) is 0.850. The van der Waals surface area contributed by atoms with E-state index < -0.39 is 0 Å². The van der Waals surface area contributed by atoms with E-state index in [1.165, 1.54) is 5.56 Å². The number of imidazole rings is 1. The second kappa shape index (κ2) is 7.56. The summed E-state index contributed by atoms with van der Waals surface area (Å²) in [4.78, 5) is 22.9. The topological polar surface area (TPSA) is 72.8 Å². The zero-order valence-corrected chi connectivity index (χ0v) is 17.0. The number of aromatic nitrogens is 2. The molecule has 0 atom stereocenters. The smallest absolute Gasteiger partial charge is 0.253 e. The number of nitriles is 1. The number of aromatic amines is 1. The molecule has 1 amide bonds. The fraction of sp³-hybridized carbons (Fsp3) is 0.292. The first-order valence-electron chi connectivity index (χ1n) is 9.96. The molecule has 2 aromatic carbocycles. The van der Waals surface area contributed by atoms with Gasteiger partial charge in [0.1, 0.15) is 5.82 Å². The van der Waals surface area contributed by atoms with Crippen molar-refractivity contribution in [3.63, 3.8) is 0 Å². The summed E-state index contributed by atoms with van der Waals surface area (Å²) in [5, 5.41) is 8.93. The molecular formula is C24H24N4O. The normalized spacial score (nSPS) is 13.8. The summed E-state index contributed by atoms with van der Waals surface area (Å²) >= 11 is 0. The Bertz CT molecular complexity index is 1100. The van der Waals surface area contributed by atoms with Gasteiger partial charge in [-0.2, -0.15) is 5.26 Å². The van der Waals surface area contributed by atoms with Crippen molar-refractivity contribution in [1.29, 1.82) is 5.26 Å². The highest BCUT2D eigenvalue weighted by Crippen LogP contribution is 2.31. The molecule has 2 heterocycles. The maximum atomic E-state index is 13.0. The number of benzene rings is 2. The molecule has 5 nitrogen and oxygen atoms in total. The third-order valence-electron chi connectivity index (χ3n) is 5.69. The lowest BCUT2D eigenvalue weighted by atomic mass is 9.90. The molecule has 29 heavy (non-hydrogen) atoms. The number of carbonyl (C=O) groups is 1. The highest BCUT2D eigenvalue weighted by atomic mass is 16.2. The first kappa shape index (κ1) is 18.9. The predicted octanol–water partition coefficient (Wildman–Crippen LogP) is 4.37. The molecule has 1 aliphatic heterocycles. The average molecular weight is 384 g/mol. The molecule has 0 unspecified atom stereocenters. The Balaban J connectivity index is 1.51. The van der Waals surface area contributed by atoms with Crippen molar-refractivity contribution in [3.05, 3.63) is 76.2 Å². The van der Waals surface area contributed by atoms with Gasteiger partial charge in [-0.3, -0.25) is 4.79 Å². The van der Waals surface area contributed by atoms with E-state index in [9.17, 15) is 4.79 Å². The number of nitrogens with one attached hydrogen (secondary N) is 1. The summed E-state index contributed by atoms with van der Waals surface area (Å²) in [5.41, 5.74) is 6.60. The molecule has 0 saturated carbocycles. The van der Waals surface area contributed by atoms with Crippen molar-refractivity contribution in [2.75, 3.05) is 13.1 Å². The quantitative estimate of drug-likeness (QED) is 0.726. The van der Waals surface area contributed by atoms with Crippen molar-refractivity contribution in [2.45, 2.75) is 33.1 Å². The summed E-state index contributed by atoms with van der Waals surface area (Å²) in [7, 11) is 0. The van der Waals surface area contributed by atoms with Gasteiger partial charge in [-0.25, -0.2) is 4.98 Å². The van der Waals surface area contributed by atoms with Crippen LogP contribution in [0.25, 0.3) is 11.3 Å². The van der Waals surface area contributed by atoms with Crippen LogP contribution in [-0.4, -0.2) is 33.9 Å². The Morgan fingerprint density at radius 1 is 1.21 bits per heavy atom. The minimum Gasteiger partial charge on any atom is -0.346 e. The highest BCUT2D eigenvalue weighted by Gasteiger charge is 2.32. The van der Waals surface area contributed by atoms with Gasteiger partial charge in [-0.05, 0) is 49.2 Å². The van der Waals surface area contributed by atoms with Crippen LogP contribution in [0.15, 0.2) is 42.5 Å². The minimum atomic E-state index is 0.0556. The predicted molar refractivity (Wildman–Crippen MR) is 113 cm³/mol. The van der Waals surface area contributed by atoms with Gasteiger partial charge in [0.25, 0.3) is 5.91 Å². The number of nitrogens with zero attached hydrogens (tertiary/aromatic N) is 3. The number of aryl methyl sites for hydroxylation is 3. The Morgan fingerprint density at radius 2 is 1.93 bits per heavy atom. The number of H-pyrrole nitrogens is 1. The molecule has 146 valence electrons. The molecule has 5 heteroatoms. The van der Waals surface area contributed by atoms with Crippen LogP contribution < -0.4 is 0 Å². The molecule has 1 aromatic heterocycles. The average Bonchev–Trinajstić information content (AvgIpc) is 3.08. The van der Waals surface area contributed by atoms with E-state index in [1.807, 2.05) is 61.2 Å². The summed E-state index contributed by atoms with van der Waals surface area (Å²) in [5.74, 6) is 1.35. The lowest BCUT2D eigenvalue weighted by molar-refractivity contribution is 0.0602. The van der Waals surface area contributed by atoms with Gasteiger partial charge in [0.15, 0.2) is 0 Å². The molecule has 1 fully saturated rings. The number of likely N-dealkylation sites (tertiary alicyclic amines) is 1. The fourth-order valence-corrected chi connectivity index (χ4v) is 3.83. The number of hydrogen-bond acceptors (Lipinski definition) is 3. The Hall–Kier alpha value is -3.39. The highest BCUT2D eigenvalue weighted by molar-refractivity contribution is 5.96.